The molecule has 3 rings (SSSR count). The van der Waals surface area contributed by atoms with Crippen molar-refractivity contribution < 1.29 is 0 Å². The Hall–Kier alpha value is -1.80. The fraction of sp³-hybridized carbons (Fsp3) is 0.143. The van der Waals surface area contributed by atoms with Gasteiger partial charge in [-0.1, -0.05) is 36.4 Å². The molecule has 0 aromatic heterocycles. The summed E-state index contributed by atoms with van der Waals surface area (Å²) in [5, 5.41) is 5.86. The SMILES string of the molecule is CNC1C(N)=Cc2cccc3cccc1c23. The van der Waals surface area contributed by atoms with E-state index in [4.69, 9.17) is 5.73 Å². The molecule has 0 bridgehead atoms. The summed E-state index contributed by atoms with van der Waals surface area (Å²) in [5.41, 5.74) is 9.45. The van der Waals surface area contributed by atoms with Gasteiger partial charge < -0.3 is 11.1 Å². The van der Waals surface area contributed by atoms with E-state index in [-0.39, 0.29) is 6.04 Å². The van der Waals surface area contributed by atoms with E-state index in [1.807, 2.05) is 7.05 Å². The lowest BCUT2D eigenvalue weighted by atomic mass is 9.88. The molecule has 1 aliphatic rings. The molecule has 1 unspecified atom stereocenters. The van der Waals surface area contributed by atoms with E-state index >= 15 is 0 Å². The minimum absolute atomic E-state index is 0.138. The molecule has 0 radical (unpaired) electrons. The van der Waals surface area contributed by atoms with Crippen LogP contribution in [-0.2, 0) is 0 Å². The van der Waals surface area contributed by atoms with E-state index in [1.165, 1.54) is 21.9 Å². The van der Waals surface area contributed by atoms with Crippen molar-refractivity contribution in [1.29, 1.82) is 0 Å². The number of benzene rings is 2. The zero-order chi connectivity index (χ0) is 11.1. The van der Waals surface area contributed by atoms with E-state index in [2.05, 4.69) is 47.8 Å². The molecule has 3 N–H and O–H groups in total. The molecule has 0 fully saturated rings. The van der Waals surface area contributed by atoms with Crippen LogP contribution in [-0.4, -0.2) is 7.05 Å². The highest BCUT2D eigenvalue weighted by molar-refractivity contribution is 5.96. The average Bonchev–Trinajstić information content (AvgIpc) is 2.30. The van der Waals surface area contributed by atoms with Gasteiger partial charge in [-0.15, -0.1) is 0 Å². The molecule has 16 heavy (non-hydrogen) atoms. The number of hydrogen-bond donors (Lipinski definition) is 2. The molecule has 0 amide bonds. The first-order chi connectivity index (χ1) is 7.81. The minimum Gasteiger partial charge on any atom is -0.400 e. The molecule has 2 aromatic rings. The Bertz CT molecular complexity index is 579. The Morgan fingerprint density at radius 1 is 1.12 bits per heavy atom. The molecular weight excluding hydrogens is 196 g/mol. The maximum absolute atomic E-state index is 6.08. The predicted molar refractivity (Wildman–Crippen MR) is 67.9 cm³/mol. The number of likely N-dealkylation sites (N-methyl/N-ethyl adjacent to an activating group) is 1. The van der Waals surface area contributed by atoms with Gasteiger partial charge in [-0.05, 0) is 35.0 Å². The molecule has 2 aromatic carbocycles. The topological polar surface area (TPSA) is 38.0 Å². The molecule has 2 nitrogen and oxygen atoms in total. The van der Waals surface area contributed by atoms with Crippen molar-refractivity contribution in [2.24, 2.45) is 5.73 Å². The van der Waals surface area contributed by atoms with Crippen molar-refractivity contribution in [1.82, 2.24) is 5.32 Å². The number of nitrogens with one attached hydrogen (secondary N) is 1. The summed E-state index contributed by atoms with van der Waals surface area (Å²) in [6.45, 7) is 0. The highest BCUT2D eigenvalue weighted by Gasteiger charge is 2.20. The lowest BCUT2D eigenvalue weighted by molar-refractivity contribution is 0.676. The fourth-order valence-electron chi connectivity index (χ4n) is 2.53. The summed E-state index contributed by atoms with van der Waals surface area (Å²) in [5.74, 6) is 0. The predicted octanol–water partition coefficient (Wildman–Crippen LogP) is 2.41. The van der Waals surface area contributed by atoms with Crippen LogP contribution in [0, 0.1) is 0 Å². The Labute approximate surface area is 94.8 Å². The molecule has 0 aliphatic heterocycles. The summed E-state index contributed by atoms with van der Waals surface area (Å²) >= 11 is 0. The fourth-order valence-corrected chi connectivity index (χ4v) is 2.53. The van der Waals surface area contributed by atoms with Crippen molar-refractivity contribution >= 4 is 16.8 Å². The molecule has 1 atom stereocenters. The van der Waals surface area contributed by atoms with Gasteiger partial charge in [0.1, 0.15) is 0 Å². The minimum atomic E-state index is 0.138. The zero-order valence-electron chi connectivity index (χ0n) is 9.20. The normalized spacial score (nSPS) is 18.6. The Balaban J connectivity index is 2.42. The van der Waals surface area contributed by atoms with Crippen LogP contribution < -0.4 is 11.1 Å². The van der Waals surface area contributed by atoms with Gasteiger partial charge in [0.2, 0.25) is 0 Å². The summed E-state index contributed by atoms with van der Waals surface area (Å²) in [7, 11) is 1.94. The average molecular weight is 210 g/mol. The quantitative estimate of drug-likeness (QED) is 0.758. The van der Waals surface area contributed by atoms with E-state index in [0.717, 1.165) is 5.70 Å². The number of nitrogens with two attached hydrogens (primary N) is 1. The van der Waals surface area contributed by atoms with Crippen LogP contribution in [0.15, 0.2) is 42.1 Å². The third-order valence-electron chi connectivity index (χ3n) is 3.22. The van der Waals surface area contributed by atoms with Crippen LogP contribution in [0.25, 0.3) is 16.8 Å². The maximum atomic E-state index is 6.08. The van der Waals surface area contributed by atoms with Gasteiger partial charge in [-0.2, -0.15) is 0 Å². The maximum Gasteiger partial charge on any atom is 0.0727 e. The van der Waals surface area contributed by atoms with E-state index < -0.39 is 0 Å². The smallest absolute Gasteiger partial charge is 0.0727 e. The van der Waals surface area contributed by atoms with Crippen LogP contribution >= 0.6 is 0 Å². The molecule has 1 aliphatic carbocycles. The monoisotopic (exact) mass is 210 g/mol. The Morgan fingerprint density at radius 3 is 2.62 bits per heavy atom. The molecule has 0 saturated carbocycles. The van der Waals surface area contributed by atoms with Crippen molar-refractivity contribution in [3.63, 3.8) is 0 Å². The highest BCUT2D eigenvalue weighted by atomic mass is 14.9. The molecular formula is C14H14N2. The molecule has 0 spiro atoms. The second kappa shape index (κ2) is 3.35. The van der Waals surface area contributed by atoms with Crippen LogP contribution in [0.5, 0.6) is 0 Å². The van der Waals surface area contributed by atoms with E-state index in [0.29, 0.717) is 0 Å². The zero-order valence-corrected chi connectivity index (χ0v) is 9.20. The first-order valence-corrected chi connectivity index (χ1v) is 5.47. The van der Waals surface area contributed by atoms with Gasteiger partial charge in [0.05, 0.1) is 6.04 Å². The summed E-state index contributed by atoms with van der Waals surface area (Å²) in [6, 6.07) is 12.8. The van der Waals surface area contributed by atoms with Crippen LogP contribution in [0.1, 0.15) is 17.2 Å². The Kier molecular flexibility index (Phi) is 1.98. The van der Waals surface area contributed by atoms with Crippen molar-refractivity contribution in [2.75, 3.05) is 7.05 Å². The summed E-state index contributed by atoms with van der Waals surface area (Å²) < 4.78 is 0. The molecule has 0 saturated heterocycles. The molecule has 2 heteroatoms. The van der Waals surface area contributed by atoms with Crippen LogP contribution in [0.4, 0.5) is 0 Å². The number of hydrogen-bond acceptors (Lipinski definition) is 2. The first-order valence-electron chi connectivity index (χ1n) is 5.47. The van der Waals surface area contributed by atoms with Gasteiger partial charge in [-0.25, -0.2) is 0 Å². The van der Waals surface area contributed by atoms with Gasteiger partial charge >= 0.3 is 0 Å². The van der Waals surface area contributed by atoms with Gasteiger partial charge in [0, 0.05) is 5.70 Å². The Morgan fingerprint density at radius 2 is 1.88 bits per heavy atom. The standard InChI is InChI=1S/C14H14N2/c1-16-14-11-7-3-5-9-4-2-6-10(13(9)11)8-12(14)15/h2-8,14,16H,15H2,1H3. The summed E-state index contributed by atoms with van der Waals surface area (Å²) in [6.07, 6.45) is 2.07. The van der Waals surface area contributed by atoms with Crippen LogP contribution in [0.3, 0.4) is 0 Å². The summed E-state index contributed by atoms with van der Waals surface area (Å²) in [4.78, 5) is 0. The third kappa shape index (κ3) is 1.17. The highest BCUT2D eigenvalue weighted by Crippen LogP contribution is 2.35. The third-order valence-corrected chi connectivity index (χ3v) is 3.22. The van der Waals surface area contributed by atoms with Crippen molar-refractivity contribution in [3.05, 3.63) is 53.2 Å². The van der Waals surface area contributed by atoms with Crippen LogP contribution in [0.2, 0.25) is 0 Å². The molecule has 0 heterocycles. The van der Waals surface area contributed by atoms with Crippen molar-refractivity contribution in [3.8, 4) is 0 Å². The van der Waals surface area contributed by atoms with E-state index in [9.17, 15) is 0 Å². The number of rotatable bonds is 1. The second-order valence-corrected chi connectivity index (χ2v) is 4.16. The van der Waals surface area contributed by atoms with Gasteiger partial charge in [0.15, 0.2) is 0 Å². The molecule has 80 valence electrons. The largest absolute Gasteiger partial charge is 0.400 e. The second-order valence-electron chi connectivity index (χ2n) is 4.16. The lowest BCUT2D eigenvalue weighted by Crippen LogP contribution is -2.25. The van der Waals surface area contributed by atoms with Gasteiger partial charge in [-0.3, -0.25) is 0 Å². The van der Waals surface area contributed by atoms with E-state index in [1.54, 1.807) is 0 Å². The van der Waals surface area contributed by atoms with Crippen molar-refractivity contribution in [2.45, 2.75) is 6.04 Å². The lowest BCUT2D eigenvalue weighted by Gasteiger charge is -2.24. The first kappa shape index (κ1) is 9.43. The van der Waals surface area contributed by atoms with Gasteiger partial charge in [0.25, 0.3) is 0 Å².